The number of nitrogens with zero attached hydrogens (tertiary/aromatic N) is 6. The molecule has 0 radical (unpaired) electrons. The lowest BCUT2D eigenvalue weighted by Gasteiger charge is -2.32. The number of carbonyl (C=O) groups is 3. The number of amides is 3. The Kier molecular flexibility index (Phi) is 8.66. The van der Waals surface area contributed by atoms with Crippen molar-refractivity contribution in [2.45, 2.75) is 64.2 Å². The van der Waals surface area contributed by atoms with E-state index < -0.39 is 12.0 Å². The van der Waals surface area contributed by atoms with Gasteiger partial charge in [-0.25, -0.2) is 9.78 Å². The molecule has 2 fully saturated rings. The second kappa shape index (κ2) is 12.6. The van der Waals surface area contributed by atoms with Gasteiger partial charge in [0.1, 0.15) is 18.3 Å². The zero-order valence-corrected chi connectivity index (χ0v) is 24.2. The Morgan fingerprint density at radius 2 is 1.88 bits per heavy atom. The number of benzene rings is 1. The van der Waals surface area contributed by atoms with E-state index in [1.165, 1.54) is 4.90 Å². The molecule has 13 heteroatoms. The number of fused-ring (bicyclic) bond motifs is 1. The standard InChI is InChI=1S/C30H35N7O6/c1-18(2)42-26-13-23-22(12-24(26)28(32)39)25(19-14-34-37(16-19)20-6-10-35(11-7-20)30(40)41)15-33-29(23)43-21-4-3-9-36(17-21)27(38)5-8-31/h12-16,18,20-21H,3-7,9-11,17H2,1-2H3,(H2,32,39)(H,40,41). The molecule has 2 aromatic heterocycles. The minimum atomic E-state index is -0.916. The maximum Gasteiger partial charge on any atom is 0.407 e. The first-order valence-corrected chi connectivity index (χ1v) is 14.4. The van der Waals surface area contributed by atoms with Crippen molar-refractivity contribution >= 4 is 28.7 Å². The Balaban J connectivity index is 1.51. The molecule has 4 heterocycles. The fourth-order valence-corrected chi connectivity index (χ4v) is 5.71. The third-order valence-corrected chi connectivity index (χ3v) is 7.84. The summed E-state index contributed by atoms with van der Waals surface area (Å²) in [4.78, 5) is 43.9. The second-order valence-electron chi connectivity index (χ2n) is 11.2. The van der Waals surface area contributed by atoms with E-state index in [9.17, 15) is 19.5 Å². The number of rotatable bonds is 8. The van der Waals surface area contributed by atoms with E-state index >= 15 is 0 Å². The molecule has 2 saturated heterocycles. The number of primary amides is 1. The van der Waals surface area contributed by atoms with Crippen LogP contribution in [0.3, 0.4) is 0 Å². The number of aromatic nitrogens is 3. The number of hydrogen-bond donors (Lipinski definition) is 2. The summed E-state index contributed by atoms with van der Waals surface area (Å²) in [6.07, 6.45) is 6.39. The van der Waals surface area contributed by atoms with Gasteiger partial charge in [0.25, 0.3) is 5.91 Å². The first-order chi connectivity index (χ1) is 20.6. The molecule has 226 valence electrons. The zero-order valence-electron chi connectivity index (χ0n) is 24.2. The molecule has 3 amide bonds. The van der Waals surface area contributed by atoms with Gasteiger partial charge in [-0.2, -0.15) is 10.4 Å². The van der Waals surface area contributed by atoms with Gasteiger partial charge in [-0.15, -0.1) is 0 Å². The summed E-state index contributed by atoms with van der Waals surface area (Å²) >= 11 is 0. The number of pyridine rings is 1. The van der Waals surface area contributed by atoms with E-state index in [-0.39, 0.29) is 36.1 Å². The average Bonchev–Trinajstić information content (AvgIpc) is 3.47. The lowest BCUT2D eigenvalue weighted by Crippen LogP contribution is -2.44. The molecule has 3 N–H and O–H groups in total. The third-order valence-electron chi connectivity index (χ3n) is 7.84. The highest BCUT2D eigenvalue weighted by Crippen LogP contribution is 2.38. The van der Waals surface area contributed by atoms with Crippen LogP contribution < -0.4 is 15.2 Å². The van der Waals surface area contributed by atoms with Gasteiger partial charge in [0, 0.05) is 48.5 Å². The molecule has 0 saturated carbocycles. The molecule has 2 aliphatic heterocycles. The number of likely N-dealkylation sites (tertiary alicyclic amines) is 2. The predicted octanol–water partition coefficient (Wildman–Crippen LogP) is 3.58. The van der Waals surface area contributed by atoms with E-state index in [0.717, 1.165) is 12.0 Å². The summed E-state index contributed by atoms with van der Waals surface area (Å²) in [6, 6.07) is 5.37. The van der Waals surface area contributed by atoms with Gasteiger partial charge in [-0.1, -0.05) is 0 Å². The van der Waals surface area contributed by atoms with Crippen LogP contribution in [0, 0.1) is 11.3 Å². The lowest BCUT2D eigenvalue weighted by molar-refractivity contribution is -0.132. The summed E-state index contributed by atoms with van der Waals surface area (Å²) in [5.41, 5.74) is 7.47. The lowest BCUT2D eigenvalue weighted by atomic mass is 9.99. The van der Waals surface area contributed by atoms with Crippen LogP contribution in [-0.4, -0.2) is 86.0 Å². The molecule has 3 aromatic rings. The number of ether oxygens (including phenoxy) is 2. The quantitative estimate of drug-likeness (QED) is 0.397. The molecule has 2 aliphatic rings. The number of nitriles is 1. The largest absolute Gasteiger partial charge is 0.490 e. The van der Waals surface area contributed by atoms with E-state index in [1.54, 1.807) is 29.4 Å². The van der Waals surface area contributed by atoms with E-state index in [4.69, 9.17) is 20.5 Å². The van der Waals surface area contributed by atoms with Crippen LogP contribution in [0.1, 0.15) is 62.4 Å². The summed E-state index contributed by atoms with van der Waals surface area (Å²) < 4.78 is 14.2. The summed E-state index contributed by atoms with van der Waals surface area (Å²) in [5.74, 6) is -0.221. The van der Waals surface area contributed by atoms with Crippen LogP contribution in [0.5, 0.6) is 11.6 Å². The Bertz CT molecular complexity index is 1570. The van der Waals surface area contributed by atoms with Crippen molar-refractivity contribution in [3.8, 4) is 28.8 Å². The molecule has 1 aromatic carbocycles. The molecular formula is C30H35N7O6. The van der Waals surface area contributed by atoms with Crippen molar-refractivity contribution in [3.05, 3.63) is 36.3 Å². The highest BCUT2D eigenvalue weighted by Gasteiger charge is 2.28. The smallest absolute Gasteiger partial charge is 0.407 e. The Morgan fingerprint density at radius 3 is 2.56 bits per heavy atom. The van der Waals surface area contributed by atoms with E-state index in [2.05, 4.69) is 10.1 Å². The Labute approximate surface area is 248 Å². The number of piperidine rings is 2. The van der Waals surface area contributed by atoms with Crippen LogP contribution in [-0.2, 0) is 4.79 Å². The van der Waals surface area contributed by atoms with Crippen LogP contribution >= 0.6 is 0 Å². The number of carboxylic acid groups (broad SMARTS) is 1. The maximum absolute atomic E-state index is 12.5. The average molecular weight is 590 g/mol. The summed E-state index contributed by atoms with van der Waals surface area (Å²) in [7, 11) is 0. The fraction of sp³-hybridized carbons (Fsp3) is 0.467. The van der Waals surface area contributed by atoms with Crippen LogP contribution in [0.2, 0.25) is 0 Å². The summed E-state index contributed by atoms with van der Waals surface area (Å²) in [5, 5.41) is 24.1. The van der Waals surface area contributed by atoms with Gasteiger partial charge in [0.05, 0.1) is 36.5 Å². The van der Waals surface area contributed by atoms with Gasteiger partial charge in [-0.3, -0.25) is 14.3 Å². The highest BCUT2D eigenvalue weighted by molar-refractivity contribution is 6.06. The van der Waals surface area contributed by atoms with Crippen LogP contribution in [0.25, 0.3) is 21.9 Å². The van der Waals surface area contributed by atoms with Crippen molar-refractivity contribution in [1.82, 2.24) is 24.6 Å². The first kappa shape index (κ1) is 29.6. The number of carbonyl (C=O) groups excluding carboxylic acids is 2. The Morgan fingerprint density at radius 1 is 1.12 bits per heavy atom. The van der Waals surface area contributed by atoms with Crippen molar-refractivity contribution in [2.24, 2.45) is 5.73 Å². The molecule has 0 aliphatic carbocycles. The van der Waals surface area contributed by atoms with Crippen molar-refractivity contribution < 1.29 is 29.0 Å². The van der Waals surface area contributed by atoms with Crippen molar-refractivity contribution in [3.63, 3.8) is 0 Å². The fourth-order valence-electron chi connectivity index (χ4n) is 5.71. The highest BCUT2D eigenvalue weighted by atomic mass is 16.5. The van der Waals surface area contributed by atoms with E-state index in [0.29, 0.717) is 73.4 Å². The van der Waals surface area contributed by atoms with E-state index in [1.807, 2.05) is 30.8 Å². The molecule has 0 bridgehead atoms. The summed E-state index contributed by atoms with van der Waals surface area (Å²) in [6.45, 7) is 5.49. The molecular weight excluding hydrogens is 554 g/mol. The monoisotopic (exact) mass is 589 g/mol. The van der Waals surface area contributed by atoms with Gasteiger partial charge in [-0.05, 0) is 57.0 Å². The normalized spacial score (nSPS) is 17.6. The number of nitrogens with two attached hydrogens (primary N) is 1. The molecule has 1 unspecified atom stereocenters. The topological polar surface area (TPSA) is 177 Å². The Hall–Kier alpha value is -4.86. The van der Waals surface area contributed by atoms with Crippen molar-refractivity contribution in [2.75, 3.05) is 26.2 Å². The minimum absolute atomic E-state index is 0.0522. The van der Waals surface area contributed by atoms with Gasteiger partial charge < -0.3 is 30.1 Å². The molecule has 13 nitrogen and oxygen atoms in total. The second-order valence-corrected chi connectivity index (χ2v) is 11.2. The SMILES string of the molecule is CC(C)Oc1cc2c(OC3CCCN(C(=O)CC#N)C3)ncc(-c3cnn(C4CCN(C(=O)O)CC4)c3)c2cc1C(N)=O. The maximum atomic E-state index is 12.5. The van der Waals surface area contributed by atoms with Crippen LogP contribution in [0.4, 0.5) is 4.79 Å². The van der Waals surface area contributed by atoms with Crippen LogP contribution in [0.15, 0.2) is 30.7 Å². The van der Waals surface area contributed by atoms with Gasteiger partial charge in [0.2, 0.25) is 11.8 Å². The van der Waals surface area contributed by atoms with Crippen molar-refractivity contribution in [1.29, 1.82) is 5.26 Å². The molecule has 0 spiro atoms. The number of hydrogen-bond acceptors (Lipinski definition) is 8. The molecule has 43 heavy (non-hydrogen) atoms. The predicted molar refractivity (Wildman–Crippen MR) is 156 cm³/mol. The minimum Gasteiger partial charge on any atom is -0.490 e. The first-order valence-electron chi connectivity index (χ1n) is 14.4. The zero-order chi connectivity index (χ0) is 30.7. The van der Waals surface area contributed by atoms with Gasteiger partial charge in [0.15, 0.2) is 0 Å². The molecule has 5 rings (SSSR count). The third kappa shape index (κ3) is 6.48. The van der Waals surface area contributed by atoms with Gasteiger partial charge >= 0.3 is 6.09 Å². The molecule has 1 atom stereocenters.